The predicted octanol–water partition coefficient (Wildman–Crippen LogP) is 2.87. The highest BCUT2D eigenvalue weighted by Gasteiger charge is 2.07. The van der Waals surface area contributed by atoms with Crippen LogP contribution in [0.1, 0.15) is 29.8 Å². The van der Waals surface area contributed by atoms with Crippen LogP contribution in [-0.4, -0.2) is 19.5 Å². The van der Waals surface area contributed by atoms with Gasteiger partial charge in [0, 0.05) is 43.1 Å². The van der Waals surface area contributed by atoms with Gasteiger partial charge in [-0.05, 0) is 30.2 Å². The summed E-state index contributed by atoms with van der Waals surface area (Å²) < 4.78 is 2.07. The van der Waals surface area contributed by atoms with Gasteiger partial charge in [0.25, 0.3) is 0 Å². The molecule has 3 rings (SSSR count). The molecule has 0 spiro atoms. The minimum absolute atomic E-state index is 0.248. The quantitative estimate of drug-likeness (QED) is 0.727. The highest BCUT2D eigenvalue weighted by molar-refractivity contribution is 5.22. The molecule has 0 fully saturated rings. The van der Waals surface area contributed by atoms with Crippen LogP contribution in [-0.2, 0) is 6.42 Å². The van der Waals surface area contributed by atoms with Crippen molar-refractivity contribution < 1.29 is 0 Å². The van der Waals surface area contributed by atoms with Crippen LogP contribution in [0.15, 0.2) is 61.6 Å². The van der Waals surface area contributed by atoms with Gasteiger partial charge < -0.3 is 4.57 Å². The standard InChI is InChI=1S/C16H16N4/c1-13(20-8-7-18-12-20)15-4-5-16(19-11-15)9-14-3-2-6-17-10-14/h2-8,10-13H,9H2,1H3. The predicted molar refractivity (Wildman–Crippen MR) is 77.3 cm³/mol. The molecule has 0 saturated carbocycles. The smallest absolute Gasteiger partial charge is 0.0951 e. The van der Waals surface area contributed by atoms with Gasteiger partial charge in [0.1, 0.15) is 0 Å². The molecule has 3 heterocycles. The number of hydrogen-bond donors (Lipinski definition) is 0. The van der Waals surface area contributed by atoms with Crippen LogP contribution in [0.25, 0.3) is 0 Å². The van der Waals surface area contributed by atoms with Gasteiger partial charge in [0.05, 0.1) is 12.4 Å². The summed E-state index contributed by atoms with van der Waals surface area (Å²) in [4.78, 5) is 12.7. The van der Waals surface area contributed by atoms with Crippen molar-refractivity contribution in [1.29, 1.82) is 0 Å². The molecule has 0 saturated heterocycles. The molecule has 0 bridgehead atoms. The average molecular weight is 264 g/mol. The molecule has 20 heavy (non-hydrogen) atoms. The lowest BCUT2D eigenvalue weighted by Crippen LogP contribution is -2.05. The maximum Gasteiger partial charge on any atom is 0.0951 e. The zero-order valence-corrected chi connectivity index (χ0v) is 11.3. The van der Waals surface area contributed by atoms with E-state index in [-0.39, 0.29) is 6.04 Å². The van der Waals surface area contributed by atoms with Gasteiger partial charge in [0.15, 0.2) is 0 Å². The van der Waals surface area contributed by atoms with E-state index in [0.717, 1.165) is 12.1 Å². The van der Waals surface area contributed by atoms with E-state index >= 15 is 0 Å². The summed E-state index contributed by atoms with van der Waals surface area (Å²) in [6, 6.07) is 8.47. The van der Waals surface area contributed by atoms with E-state index in [2.05, 4.69) is 44.6 Å². The van der Waals surface area contributed by atoms with Crippen LogP contribution in [0.5, 0.6) is 0 Å². The van der Waals surface area contributed by atoms with Crippen LogP contribution in [0, 0.1) is 0 Å². The van der Waals surface area contributed by atoms with Crippen LogP contribution in [0.4, 0.5) is 0 Å². The van der Waals surface area contributed by atoms with Gasteiger partial charge >= 0.3 is 0 Å². The van der Waals surface area contributed by atoms with Crippen molar-refractivity contribution in [1.82, 2.24) is 19.5 Å². The summed E-state index contributed by atoms with van der Waals surface area (Å²) in [5, 5.41) is 0. The first-order valence-corrected chi connectivity index (χ1v) is 6.64. The summed E-state index contributed by atoms with van der Waals surface area (Å²) in [5.41, 5.74) is 3.41. The maximum absolute atomic E-state index is 4.54. The molecule has 0 aliphatic rings. The number of hydrogen-bond acceptors (Lipinski definition) is 3. The summed E-state index contributed by atoms with van der Waals surface area (Å²) in [6.45, 7) is 2.14. The average Bonchev–Trinajstić information content (AvgIpc) is 3.03. The summed E-state index contributed by atoms with van der Waals surface area (Å²) >= 11 is 0. The van der Waals surface area contributed by atoms with E-state index in [9.17, 15) is 0 Å². The Morgan fingerprint density at radius 1 is 1.10 bits per heavy atom. The lowest BCUT2D eigenvalue weighted by atomic mass is 10.1. The van der Waals surface area contributed by atoms with E-state index in [4.69, 9.17) is 0 Å². The molecule has 0 aromatic carbocycles. The van der Waals surface area contributed by atoms with Crippen LogP contribution >= 0.6 is 0 Å². The lowest BCUT2D eigenvalue weighted by molar-refractivity contribution is 0.635. The van der Waals surface area contributed by atoms with Crippen LogP contribution < -0.4 is 0 Å². The highest BCUT2D eigenvalue weighted by atomic mass is 15.0. The van der Waals surface area contributed by atoms with Crippen LogP contribution in [0.2, 0.25) is 0 Å². The minimum atomic E-state index is 0.248. The van der Waals surface area contributed by atoms with E-state index in [1.165, 1.54) is 11.1 Å². The summed E-state index contributed by atoms with van der Waals surface area (Å²) in [6.07, 6.45) is 12.0. The van der Waals surface area contributed by atoms with Gasteiger partial charge in [-0.2, -0.15) is 0 Å². The number of imidazole rings is 1. The molecule has 0 amide bonds. The van der Waals surface area contributed by atoms with E-state index in [0.29, 0.717) is 0 Å². The molecule has 0 radical (unpaired) electrons. The Morgan fingerprint density at radius 2 is 2.05 bits per heavy atom. The second-order valence-electron chi connectivity index (χ2n) is 4.81. The van der Waals surface area contributed by atoms with Gasteiger partial charge in [-0.25, -0.2) is 4.98 Å². The molecule has 0 aliphatic carbocycles. The molecule has 100 valence electrons. The first kappa shape index (κ1) is 12.5. The third kappa shape index (κ3) is 2.74. The van der Waals surface area contributed by atoms with Crippen molar-refractivity contribution in [3.8, 4) is 0 Å². The van der Waals surface area contributed by atoms with Crippen molar-refractivity contribution in [2.75, 3.05) is 0 Å². The monoisotopic (exact) mass is 264 g/mol. The first-order valence-electron chi connectivity index (χ1n) is 6.64. The largest absolute Gasteiger partial charge is 0.330 e. The number of rotatable bonds is 4. The second kappa shape index (κ2) is 5.65. The SMILES string of the molecule is CC(c1ccc(Cc2cccnc2)nc1)n1ccnc1. The van der Waals surface area contributed by atoms with E-state index in [1.807, 2.05) is 31.0 Å². The van der Waals surface area contributed by atoms with Gasteiger partial charge in [-0.1, -0.05) is 12.1 Å². The van der Waals surface area contributed by atoms with Crippen molar-refractivity contribution in [3.63, 3.8) is 0 Å². The topological polar surface area (TPSA) is 43.6 Å². The Labute approximate surface area is 118 Å². The number of nitrogens with zero attached hydrogens (tertiary/aromatic N) is 4. The fourth-order valence-electron chi connectivity index (χ4n) is 2.17. The molecule has 3 aromatic heterocycles. The van der Waals surface area contributed by atoms with Crippen molar-refractivity contribution in [3.05, 3.63) is 78.4 Å². The van der Waals surface area contributed by atoms with Gasteiger partial charge in [-0.3, -0.25) is 9.97 Å². The molecule has 0 N–H and O–H groups in total. The Kier molecular flexibility index (Phi) is 3.54. The Bertz CT molecular complexity index is 645. The highest BCUT2D eigenvalue weighted by Crippen LogP contribution is 2.17. The van der Waals surface area contributed by atoms with Crippen molar-refractivity contribution in [2.24, 2.45) is 0 Å². The molecular weight excluding hydrogens is 248 g/mol. The molecular formula is C16H16N4. The second-order valence-corrected chi connectivity index (χ2v) is 4.81. The van der Waals surface area contributed by atoms with Crippen molar-refractivity contribution in [2.45, 2.75) is 19.4 Å². The minimum Gasteiger partial charge on any atom is -0.330 e. The maximum atomic E-state index is 4.54. The van der Waals surface area contributed by atoms with Crippen molar-refractivity contribution >= 4 is 0 Å². The third-order valence-electron chi connectivity index (χ3n) is 3.41. The normalized spacial score (nSPS) is 12.2. The summed E-state index contributed by atoms with van der Waals surface area (Å²) in [7, 11) is 0. The molecule has 0 aliphatic heterocycles. The molecule has 1 unspecified atom stereocenters. The van der Waals surface area contributed by atoms with Crippen LogP contribution in [0.3, 0.4) is 0 Å². The summed E-state index contributed by atoms with van der Waals surface area (Å²) in [5.74, 6) is 0. The molecule has 1 atom stereocenters. The fourth-order valence-corrected chi connectivity index (χ4v) is 2.17. The number of aromatic nitrogens is 4. The molecule has 4 nitrogen and oxygen atoms in total. The zero-order valence-electron chi connectivity index (χ0n) is 11.3. The Balaban J connectivity index is 1.75. The fraction of sp³-hybridized carbons (Fsp3) is 0.188. The Morgan fingerprint density at radius 3 is 2.70 bits per heavy atom. The molecule has 4 heteroatoms. The number of pyridine rings is 2. The first-order chi connectivity index (χ1) is 9.83. The van der Waals surface area contributed by atoms with E-state index < -0.39 is 0 Å². The molecule has 3 aromatic rings. The lowest BCUT2D eigenvalue weighted by Gasteiger charge is -2.13. The third-order valence-corrected chi connectivity index (χ3v) is 3.41. The Hall–Kier alpha value is -2.49. The van der Waals surface area contributed by atoms with Gasteiger partial charge in [-0.15, -0.1) is 0 Å². The zero-order chi connectivity index (χ0) is 13.8. The van der Waals surface area contributed by atoms with Gasteiger partial charge in [0.2, 0.25) is 0 Å². The van der Waals surface area contributed by atoms with E-state index in [1.54, 1.807) is 12.4 Å².